The molecule has 11 nitrogen and oxygen atoms in total. The molecule has 12 heteroatoms. The van der Waals surface area contributed by atoms with Crippen LogP contribution in [0.4, 0.5) is 14.9 Å². The SMILES string of the molecule is O=C(NCc1cccc(F)c1)Nc1ccc(Oc2ncnc3cc(OCCCN4CCOCC4)c4c(c23)OCCO4)cc1. The Morgan fingerprint density at radius 3 is 2.60 bits per heavy atom. The van der Waals surface area contributed by atoms with Crippen LogP contribution in [0.25, 0.3) is 10.9 Å². The molecule has 43 heavy (non-hydrogen) atoms. The first-order valence-corrected chi connectivity index (χ1v) is 14.2. The van der Waals surface area contributed by atoms with Gasteiger partial charge in [0, 0.05) is 37.9 Å². The molecule has 3 aromatic carbocycles. The Kier molecular flexibility index (Phi) is 8.95. The van der Waals surface area contributed by atoms with Crippen LogP contribution < -0.4 is 29.6 Å². The minimum absolute atomic E-state index is 0.197. The number of nitrogens with one attached hydrogen (secondary N) is 2. The molecule has 1 aromatic heterocycles. The summed E-state index contributed by atoms with van der Waals surface area (Å²) in [7, 11) is 0. The Labute approximate surface area is 247 Å². The van der Waals surface area contributed by atoms with E-state index < -0.39 is 6.03 Å². The summed E-state index contributed by atoms with van der Waals surface area (Å²) in [6.45, 7) is 5.85. The van der Waals surface area contributed by atoms with Crippen molar-refractivity contribution in [3.8, 4) is 28.9 Å². The van der Waals surface area contributed by atoms with E-state index in [1.165, 1.54) is 18.5 Å². The highest BCUT2D eigenvalue weighted by atomic mass is 19.1. The Morgan fingerprint density at radius 1 is 0.977 bits per heavy atom. The third kappa shape index (κ3) is 7.22. The number of anilines is 1. The summed E-state index contributed by atoms with van der Waals surface area (Å²) < 4.78 is 43.0. The van der Waals surface area contributed by atoms with Crippen LogP contribution in [-0.2, 0) is 11.3 Å². The summed E-state index contributed by atoms with van der Waals surface area (Å²) in [5, 5.41) is 6.04. The van der Waals surface area contributed by atoms with Crippen LogP contribution in [0, 0.1) is 5.82 Å². The Bertz CT molecular complexity index is 1560. The zero-order chi connectivity index (χ0) is 29.4. The van der Waals surface area contributed by atoms with Crippen molar-refractivity contribution in [2.75, 3.05) is 58.0 Å². The first-order chi connectivity index (χ1) is 21.1. The molecule has 2 amide bonds. The number of morpholine rings is 1. The monoisotopic (exact) mass is 589 g/mol. The van der Waals surface area contributed by atoms with Crippen molar-refractivity contribution in [3.05, 3.63) is 72.3 Å². The summed E-state index contributed by atoms with van der Waals surface area (Å²) in [4.78, 5) is 23.5. The van der Waals surface area contributed by atoms with Gasteiger partial charge >= 0.3 is 6.03 Å². The second-order valence-electron chi connectivity index (χ2n) is 10.0. The molecule has 0 aliphatic carbocycles. The standard InChI is InChI=1S/C31H32FN5O6/c32-22-4-1-3-21(17-22)19-33-31(38)36-23-5-7-24(8-6-23)43-30-27-25(34-20-35-30)18-26(28-29(27)42-16-15-41-28)40-12-2-9-37-10-13-39-14-11-37/h1,3-8,17-18,20H,2,9-16,19H2,(H2,33,36,38). The molecule has 2 aliphatic heterocycles. The van der Waals surface area contributed by atoms with E-state index in [0.717, 1.165) is 39.3 Å². The lowest BCUT2D eigenvalue weighted by atomic mass is 10.1. The Hall–Kier alpha value is -4.68. The first-order valence-electron chi connectivity index (χ1n) is 14.2. The molecule has 3 heterocycles. The lowest BCUT2D eigenvalue weighted by Crippen LogP contribution is -2.37. The van der Waals surface area contributed by atoms with Gasteiger partial charge < -0.3 is 34.3 Å². The molecule has 0 atom stereocenters. The largest absolute Gasteiger partial charge is 0.489 e. The van der Waals surface area contributed by atoms with Crippen LogP contribution >= 0.6 is 0 Å². The van der Waals surface area contributed by atoms with Gasteiger partial charge in [0.25, 0.3) is 0 Å². The van der Waals surface area contributed by atoms with Crippen molar-refractivity contribution in [1.29, 1.82) is 0 Å². The maximum atomic E-state index is 13.4. The lowest BCUT2D eigenvalue weighted by molar-refractivity contribution is 0.0357. The van der Waals surface area contributed by atoms with Gasteiger partial charge in [-0.2, -0.15) is 0 Å². The number of rotatable bonds is 10. The molecule has 2 N–H and O–H groups in total. The normalized spacial score (nSPS) is 14.7. The molecule has 1 saturated heterocycles. The van der Waals surface area contributed by atoms with E-state index >= 15 is 0 Å². The molecule has 4 aromatic rings. The van der Waals surface area contributed by atoms with Crippen molar-refractivity contribution in [3.63, 3.8) is 0 Å². The highest BCUT2D eigenvalue weighted by molar-refractivity contribution is 5.94. The van der Waals surface area contributed by atoms with E-state index in [-0.39, 0.29) is 12.4 Å². The van der Waals surface area contributed by atoms with Crippen LogP contribution in [0.2, 0.25) is 0 Å². The van der Waals surface area contributed by atoms with Gasteiger partial charge in [-0.1, -0.05) is 12.1 Å². The summed E-state index contributed by atoms with van der Waals surface area (Å²) in [5.74, 6) is 2.01. The van der Waals surface area contributed by atoms with Crippen molar-refractivity contribution in [1.82, 2.24) is 20.2 Å². The molecule has 1 fully saturated rings. The van der Waals surface area contributed by atoms with Crippen molar-refractivity contribution in [2.24, 2.45) is 0 Å². The average molecular weight is 590 g/mol. The predicted molar refractivity (Wildman–Crippen MR) is 157 cm³/mol. The van der Waals surface area contributed by atoms with Crippen molar-refractivity contribution < 1.29 is 32.9 Å². The first kappa shape index (κ1) is 28.4. The van der Waals surface area contributed by atoms with Gasteiger partial charge in [0.05, 0.1) is 25.3 Å². The fraction of sp³-hybridized carbons (Fsp3) is 0.323. The van der Waals surface area contributed by atoms with E-state index in [0.29, 0.717) is 70.9 Å². The zero-order valence-electron chi connectivity index (χ0n) is 23.5. The number of urea groups is 1. The van der Waals surface area contributed by atoms with Crippen LogP contribution in [-0.4, -0.2) is 73.6 Å². The third-order valence-corrected chi connectivity index (χ3v) is 6.99. The smallest absolute Gasteiger partial charge is 0.319 e. The maximum Gasteiger partial charge on any atom is 0.319 e. The number of hydrogen-bond acceptors (Lipinski definition) is 9. The average Bonchev–Trinajstić information content (AvgIpc) is 3.03. The van der Waals surface area contributed by atoms with Gasteiger partial charge in [-0.15, -0.1) is 0 Å². The minimum atomic E-state index is -0.414. The third-order valence-electron chi connectivity index (χ3n) is 6.99. The van der Waals surface area contributed by atoms with Gasteiger partial charge in [-0.05, 0) is 48.4 Å². The summed E-state index contributed by atoms with van der Waals surface area (Å²) in [5.41, 5.74) is 1.82. The van der Waals surface area contributed by atoms with Crippen LogP contribution in [0.5, 0.6) is 28.9 Å². The van der Waals surface area contributed by atoms with E-state index in [9.17, 15) is 9.18 Å². The number of halogens is 1. The van der Waals surface area contributed by atoms with E-state index in [1.807, 2.05) is 6.07 Å². The second-order valence-corrected chi connectivity index (χ2v) is 10.0. The fourth-order valence-electron chi connectivity index (χ4n) is 4.88. The van der Waals surface area contributed by atoms with Gasteiger partial charge in [-0.3, -0.25) is 4.90 Å². The number of amides is 2. The van der Waals surface area contributed by atoms with E-state index in [2.05, 4.69) is 25.5 Å². The maximum absolute atomic E-state index is 13.4. The van der Waals surface area contributed by atoms with Crippen LogP contribution in [0.1, 0.15) is 12.0 Å². The number of ether oxygens (including phenoxy) is 5. The number of carbonyl (C=O) groups excluding carboxylic acids is 1. The molecule has 0 unspecified atom stereocenters. The zero-order valence-corrected chi connectivity index (χ0v) is 23.5. The van der Waals surface area contributed by atoms with Gasteiger partial charge in [-0.25, -0.2) is 19.2 Å². The predicted octanol–water partition coefficient (Wildman–Crippen LogP) is 4.76. The number of hydrogen-bond donors (Lipinski definition) is 2. The Balaban J connectivity index is 1.11. The minimum Gasteiger partial charge on any atom is -0.489 e. The number of carbonyl (C=O) groups is 1. The topological polar surface area (TPSA) is 116 Å². The highest BCUT2D eigenvalue weighted by Crippen LogP contribution is 2.47. The lowest BCUT2D eigenvalue weighted by Gasteiger charge is -2.26. The van der Waals surface area contributed by atoms with E-state index in [1.54, 1.807) is 36.4 Å². The van der Waals surface area contributed by atoms with Gasteiger partial charge in [0.2, 0.25) is 11.6 Å². The van der Waals surface area contributed by atoms with Crippen LogP contribution in [0.15, 0.2) is 60.9 Å². The summed E-state index contributed by atoms with van der Waals surface area (Å²) >= 11 is 0. The Morgan fingerprint density at radius 2 is 1.79 bits per heavy atom. The van der Waals surface area contributed by atoms with Crippen LogP contribution in [0.3, 0.4) is 0 Å². The van der Waals surface area contributed by atoms with Crippen molar-refractivity contribution >= 4 is 22.6 Å². The quantitative estimate of drug-likeness (QED) is 0.253. The number of nitrogens with zero attached hydrogens (tertiary/aromatic N) is 3. The van der Waals surface area contributed by atoms with Gasteiger partial charge in [0.1, 0.15) is 36.5 Å². The molecule has 6 rings (SSSR count). The number of benzene rings is 3. The highest BCUT2D eigenvalue weighted by Gasteiger charge is 2.25. The molecule has 2 aliphatic rings. The van der Waals surface area contributed by atoms with E-state index in [4.69, 9.17) is 23.7 Å². The summed E-state index contributed by atoms with van der Waals surface area (Å²) in [6, 6.07) is 14.3. The van der Waals surface area contributed by atoms with Crippen molar-refractivity contribution in [2.45, 2.75) is 13.0 Å². The second kappa shape index (κ2) is 13.5. The molecule has 0 radical (unpaired) electrons. The molecular weight excluding hydrogens is 557 g/mol. The summed E-state index contributed by atoms with van der Waals surface area (Å²) in [6.07, 6.45) is 2.29. The molecule has 0 saturated carbocycles. The molecule has 0 bridgehead atoms. The molecule has 0 spiro atoms. The number of aromatic nitrogens is 2. The number of fused-ring (bicyclic) bond motifs is 3. The van der Waals surface area contributed by atoms with Gasteiger partial charge in [0.15, 0.2) is 11.5 Å². The fourth-order valence-corrected chi connectivity index (χ4v) is 4.88. The molecule has 224 valence electrons. The molecular formula is C31H32FN5O6.